The highest BCUT2D eigenvalue weighted by Crippen LogP contribution is 2.14. The summed E-state index contributed by atoms with van der Waals surface area (Å²) < 4.78 is 0. The van der Waals surface area contributed by atoms with Crippen LogP contribution >= 0.6 is 11.6 Å². The van der Waals surface area contributed by atoms with Gasteiger partial charge in [0.1, 0.15) is 0 Å². The maximum absolute atomic E-state index is 10.6. The minimum atomic E-state index is -0.0271. The maximum atomic E-state index is 10.6. The zero-order chi connectivity index (χ0) is 12.0. The molecule has 0 atom stereocenters. The number of carbonyl (C=O) groups excluding carboxylic acids is 1. The molecule has 84 valence electrons. The van der Waals surface area contributed by atoms with Gasteiger partial charge in [-0.05, 0) is 24.6 Å². The molecular formula is C13H14ClNO. The molecule has 0 saturated carbocycles. The summed E-state index contributed by atoms with van der Waals surface area (Å²) in [6.07, 6.45) is 0.644. The summed E-state index contributed by atoms with van der Waals surface area (Å²) in [6.45, 7) is 4.07. The summed E-state index contributed by atoms with van der Waals surface area (Å²) in [5, 5.41) is 3.38. The topological polar surface area (TPSA) is 29.1 Å². The van der Waals surface area contributed by atoms with Gasteiger partial charge < -0.3 is 5.32 Å². The van der Waals surface area contributed by atoms with Crippen LogP contribution < -0.4 is 5.32 Å². The first-order valence-electron chi connectivity index (χ1n) is 5.09. The lowest BCUT2D eigenvalue weighted by Crippen LogP contribution is -2.20. The van der Waals surface area contributed by atoms with Crippen molar-refractivity contribution in [3.05, 3.63) is 34.3 Å². The lowest BCUT2D eigenvalue weighted by Gasteiger charge is -1.98. The van der Waals surface area contributed by atoms with E-state index in [0.717, 1.165) is 11.1 Å². The molecule has 0 aliphatic rings. The molecule has 0 aromatic heterocycles. The van der Waals surface area contributed by atoms with E-state index in [4.69, 9.17) is 11.6 Å². The zero-order valence-electron chi connectivity index (χ0n) is 9.43. The van der Waals surface area contributed by atoms with Gasteiger partial charge in [-0.3, -0.25) is 4.79 Å². The summed E-state index contributed by atoms with van der Waals surface area (Å²) >= 11 is 5.87. The van der Waals surface area contributed by atoms with Crippen LogP contribution in [-0.4, -0.2) is 12.5 Å². The van der Waals surface area contributed by atoms with Gasteiger partial charge in [0.2, 0.25) is 5.91 Å². The lowest BCUT2D eigenvalue weighted by molar-refractivity contribution is -0.118. The quantitative estimate of drug-likeness (QED) is 0.620. The molecule has 0 bridgehead atoms. The molecule has 0 heterocycles. The summed E-state index contributed by atoms with van der Waals surface area (Å²) in [5.41, 5.74) is 2.05. The molecule has 2 nitrogen and oxygen atoms in total. The van der Waals surface area contributed by atoms with Gasteiger partial charge in [0.05, 0.1) is 0 Å². The number of halogens is 1. The molecule has 16 heavy (non-hydrogen) atoms. The smallest absolute Gasteiger partial charge is 0.216 e. The Morgan fingerprint density at radius 2 is 2.25 bits per heavy atom. The van der Waals surface area contributed by atoms with Crippen molar-refractivity contribution in [2.24, 2.45) is 0 Å². The van der Waals surface area contributed by atoms with Gasteiger partial charge in [0, 0.05) is 30.5 Å². The molecule has 0 aliphatic heterocycles. The van der Waals surface area contributed by atoms with Crippen LogP contribution in [0.4, 0.5) is 0 Å². The minimum Gasteiger partial charge on any atom is -0.355 e. The molecule has 1 rings (SSSR count). The molecule has 0 unspecified atom stereocenters. The van der Waals surface area contributed by atoms with E-state index in [9.17, 15) is 4.79 Å². The van der Waals surface area contributed by atoms with Gasteiger partial charge in [-0.1, -0.05) is 29.5 Å². The average Bonchev–Trinajstić information content (AvgIpc) is 2.22. The monoisotopic (exact) mass is 235 g/mol. The molecule has 1 amide bonds. The fourth-order valence-corrected chi connectivity index (χ4v) is 1.36. The van der Waals surface area contributed by atoms with Gasteiger partial charge >= 0.3 is 0 Å². The Hall–Kier alpha value is -1.46. The van der Waals surface area contributed by atoms with Crippen molar-refractivity contribution in [1.29, 1.82) is 0 Å². The van der Waals surface area contributed by atoms with E-state index >= 15 is 0 Å². The zero-order valence-corrected chi connectivity index (χ0v) is 10.2. The number of amides is 1. The third-order valence-electron chi connectivity index (χ3n) is 2.05. The molecule has 3 heteroatoms. The summed E-state index contributed by atoms with van der Waals surface area (Å²) in [5.74, 6) is 6.02. The summed E-state index contributed by atoms with van der Waals surface area (Å²) in [6, 6.07) is 5.64. The van der Waals surface area contributed by atoms with Crippen molar-refractivity contribution in [2.45, 2.75) is 20.3 Å². The van der Waals surface area contributed by atoms with Crippen LogP contribution in [0.5, 0.6) is 0 Å². The Morgan fingerprint density at radius 3 is 2.94 bits per heavy atom. The van der Waals surface area contributed by atoms with E-state index in [1.54, 1.807) is 0 Å². The van der Waals surface area contributed by atoms with Crippen LogP contribution in [0.3, 0.4) is 0 Å². The molecule has 0 saturated heterocycles. The number of hydrogen-bond acceptors (Lipinski definition) is 1. The highest BCUT2D eigenvalue weighted by Gasteiger charge is 1.95. The van der Waals surface area contributed by atoms with Crippen LogP contribution in [-0.2, 0) is 4.79 Å². The molecule has 0 radical (unpaired) electrons. The van der Waals surface area contributed by atoms with E-state index < -0.39 is 0 Å². The van der Waals surface area contributed by atoms with Crippen molar-refractivity contribution in [3.8, 4) is 11.8 Å². The van der Waals surface area contributed by atoms with Gasteiger partial charge in [0.25, 0.3) is 0 Å². The Morgan fingerprint density at radius 1 is 1.50 bits per heavy atom. The van der Waals surface area contributed by atoms with Crippen LogP contribution in [0.15, 0.2) is 18.2 Å². The lowest BCUT2D eigenvalue weighted by atomic mass is 10.1. The van der Waals surface area contributed by atoms with E-state index in [1.807, 2.05) is 25.1 Å². The van der Waals surface area contributed by atoms with Crippen molar-refractivity contribution >= 4 is 17.5 Å². The molecule has 1 N–H and O–H groups in total. The van der Waals surface area contributed by atoms with E-state index in [2.05, 4.69) is 17.2 Å². The Kier molecular flexibility index (Phi) is 4.88. The average molecular weight is 236 g/mol. The second-order valence-corrected chi connectivity index (χ2v) is 3.93. The van der Waals surface area contributed by atoms with Crippen LogP contribution in [0, 0.1) is 18.8 Å². The number of aryl methyl sites for hydroxylation is 1. The van der Waals surface area contributed by atoms with Crippen LogP contribution in [0.1, 0.15) is 24.5 Å². The highest BCUT2D eigenvalue weighted by molar-refractivity contribution is 6.30. The van der Waals surface area contributed by atoms with Crippen LogP contribution in [0.25, 0.3) is 0 Å². The number of nitrogens with one attached hydrogen (secondary N) is 1. The largest absolute Gasteiger partial charge is 0.355 e. The van der Waals surface area contributed by atoms with Gasteiger partial charge in [-0.2, -0.15) is 0 Å². The highest BCUT2D eigenvalue weighted by atomic mass is 35.5. The molecule has 0 aliphatic carbocycles. The second kappa shape index (κ2) is 6.19. The van der Waals surface area contributed by atoms with Crippen molar-refractivity contribution < 1.29 is 4.79 Å². The van der Waals surface area contributed by atoms with Gasteiger partial charge in [-0.25, -0.2) is 0 Å². The fourth-order valence-electron chi connectivity index (χ4n) is 1.19. The minimum absolute atomic E-state index is 0.0271. The van der Waals surface area contributed by atoms with Crippen molar-refractivity contribution in [2.75, 3.05) is 6.54 Å². The predicted octanol–water partition coefficient (Wildman–Crippen LogP) is 2.53. The first-order chi connectivity index (χ1) is 7.59. The standard InChI is InChI=1S/C13H14ClNO/c1-10-6-7-13(14)9-12(10)5-3-4-8-15-11(2)16/h6-7,9H,4,8H2,1-2H3,(H,15,16). The van der Waals surface area contributed by atoms with E-state index in [-0.39, 0.29) is 5.91 Å². The van der Waals surface area contributed by atoms with E-state index in [0.29, 0.717) is 18.0 Å². The maximum Gasteiger partial charge on any atom is 0.216 e. The van der Waals surface area contributed by atoms with Crippen molar-refractivity contribution in [3.63, 3.8) is 0 Å². The summed E-state index contributed by atoms with van der Waals surface area (Å²) in [4.78, 5) is 10.6. The van der Waals surface area contributed by atoms with E-state index in [1.165, 1.54) is 6.92 Å². The van der Waals surface area contributed by atoms with Gasteiger partial charge in [-0.15, -0.1) is 0 Å². The van der Waals surface area contributed by atoms with Gasteiger partial charge in [0.15, 0.2) is 0 Å². The first kappa shape index (κ1) is 12.6. The molecule has 1 aromatic rings. The Balaban J connectivity index is 2.56. The number of carbonyl (C=O) groups is 1. The summed E-state index contributed by atoms with van der Waals surface area (Å²) in [7, 11) is 0. The predicted molar refractivity (Wildman–Crippen MR) is 66.4 cm³/mol. The molecular weight excluding hydrogens is 222 g/mol. The third kappa shape index (κ3) is 4.37. The number of hydrogen-bond donors (Lipinski definition) is 1. The molecule has 0 spiro atoms. The van der Waals surface area contributed by atoms with Crippen molar-refractivity contribution in [1.82, 2.24) is 5.32 Å². The Labute approximate surface area is 101 Å². The van der Waals surface area contributed by atoms with Crippen LogP contribution in [0.2, 0.25) is 5.02 Å². The number of benzene rings is 1. The second-order valence-electron chi connectivity index (χ2n) is 3.49. The third-order valence-corrected chi connectivity index (χ3v) is 2.28. The Bertz CT molecular complexity index is 443. The SMILES string of the molecule is CC(=O)NCCC#Cc1cc(Cl)ccc1C. The first-order valence-corrected chi connectivity index (χ1v) is 5.47. The fraction of sp³-hybridized carbons (Fsp3) is 0.308. The normalized spacial score (nSPS) is 9.19. The number of rotatable bonds is 2. The molecule has 0 fully saturated rings. The molecule has 1 aromatic carbocycles.